The van der Waals surface area contributed by atoms with E-state index in [2.05, 4.69) is 0 Å². The molecule has 0 heterocycles. The predicted molar refractivity (Wildman–Crippen MR) is 42.0 cm³/mol. The lowest BCUT2D eigenvalue weighted by Gasteiger charge is -1.98. The van der Waals surface area contributed by atoms with Crippen LogP contribution in [0.25, 0.3) is 0 Å². The van der Waals surface area contributed by atoms with Crippen molar-refractivity contribution in [3.05, 3.63) is 24.3 Å². The molecule has 0 aliphatic rings. The Hall–Kier alpha value is -1.11. The fraction of sp³-hybridized carbons (Fsp3) is 0. The van der Waals surface area contributed by atoms with Gasteiger partial charge in [0.25, 0.3) is 10.1 Å². The van der Waals surface area contributed by atoms with Gasteiger partial charge in [-0.05, 0) is 30.1 Å². The summed E-state index contributed by atoms with van der Waals surface area (Å²) in [6.45, 7) is 0. The maximum Gasteiger partial charge on any atom is 0.294 e. The van der Waals surface area contributed by atoms with Gasteiger partial charge in [-0.1, -0.05) is 0 Å². The first-order chi connectivity index (χ1) is 5.54. The first kappa shape index (κ1) is 8.98. The Bertz CT molecular complexity index is 357. The van der Waals surface area contributed by atoms with Crippen LogP contribution in [0.2, 0.25) is 0 Å². The maximum absolute atomic E-state index is 10.5. The third kappa shape index (κ3) is 1.94. The molecule has 1 rings (SSSR count). The third-order valence-corrected chi connectivity index (χ3v) is 2.15. The molecule has 0 spiro atoms. The molecule has 0 aromatic heterocycles. The Labute approximate surface area is 69.9 Å². The first-order valence-corrected chi connectivity index (χ1v) is 4.46. The van der Waals surface area contributed by atoms with Crippen molar-refractivity contribution in [2.24, 2.45) is 0 Å². The highest BCUT2D eigenvalue weighted by Gasteiger charge is 2.07. The van der Waals surface area contributed by atoms with Gasteiger partial charge in [0.15, 0.2) is 0 Å². The molecule has 0 bridgehead atoms. The SMILES string of the molecule is [N]Nc1ccc(S(=O)(=O)O)cc1. The number of nitrogens with one attached hydrogen (secondary N) is 1. The van der Waals surface area contributed by atoms with Crippen LogP contribution in [0.1, 0.15) is 0 Å². The monoisotopic (exact) mass is 186 g/mol. The zero-order valence-corrected chi connectivity index (χ0v) is 6.75. The van der Waals surface area contributed by atoms with Crippen molar-refractivity contribution in [3.63, 3.8) is 0 Å². The molecule has 0 unspecified atom stereocenters. The average Bonchev–Trinajstić information content (AvgIpc) is 2.03. The molecule has 2 N–H and O–H groups in total. The number of benzene rings is 1. The molecule has 0 amide bonds. The highest BCUT2D eigenvalue weighted by Crippen LogP contribution is 2.12. The second kappa shape index (κ2) is 3.10. The molecule has 1 aromatic carbocycles. The van der Waals surface area contributed by atoms with Crippen LogP contribution >= 0.6 is 0 Å². The van der Waals surface area contributed by atoms with Gasteiger partial charge >= 0.3 is 0 Å². The van der Waals surface area contributed by atoms with Crippen molar-refractivity contribution in [2.45, 2.75) is 4.90 Å². The van der Waals surface area contributed by atoms with E-state index in [-0.39, 0.29) is 4.90 Å². The van der Waals surface area contributed by atoms with Crippen molar-refractivity contribution in [3.8, 4) is 0 Å². The standard InChI is InChI=1S/C6H6N2O3S/c7-8-5-1-3-6(4-2-5)12(9,10)11/h1-4,8H,(H,9,10,11). The lowest BCUT2D eigenvalue weighted by molar-refractivity contribution is 0.483. The minimum Gasteiger partial charge on any atom is -0.286 e. The Morgan fingerprint density at radius 2 is 1.75 bits per heavy atom. The van der Waals surface area contributed by atoms with E-state index < -0.39 is 10.1 Å². The van der Waals surface area contributed by atoms with Gasteiger partial charge in [-0.15, -0.1) is 0 Å². The Morgan fingerprint density at radius 1 is 1.25 bits per heavy atom. The molecule has 12 heavy (non-hydrogen) atoms. The summed E-state index contributed by atoms with van der Waals surface area (Å²) in [7, 11) is -4.14. The summed E-state index contributed by atoms with van der Waals surface area (Å²) in [5, 5.41) is 0. The third-order valence-electron chi connectivity index (χ3n) is 1.28. The van der Waals surface area contributed by atoms with Crippen LogP contribution in [-0.2, 0) is 10.1 Å². The normalized spacial score (nSPS) is 11.2. The zero-order chi connectivity index (χ0) is 9.19. The molecule has 2 radical (unpaired) electrons. The lowest BCUT2D eigenvalue weighted by Crippen LogP contribution is -1.98. The maximum atomic E-state index is 10.5. The smallest absolute Gasteiger partial charge is 0.286 e. The molecule has 64 valence electrons. The van der Waals surface area contributed by atoms with Crippen molar-refractivity contribution in [1.29, 1.82) is 0 Å². The van der Waals surface area contributed by atoms with Gasteiger partial charge in [0.2, 0.25) is 0 Å². The van der Waals surface area contributed by atoms with Crippen LogP contribution in [0.3, 0.4) is 0 Å². The number of nitrogens with zero attached hydrogens (tertiary/aromatic N) is 1. The molecule has 0 saturated carbocycles. The van der Waals surface area contributed by atoms with Gasteiger partial charge in [0, 0.05) is 0 Å². The van der Waals surface area contributed by atoms with Crippen LogP contribution in [-0.4, -0.2) is 13.0 Å². The van der Waals surface area contributed by atoms with E-state index in [1.807, 2.05) is 5.43 Å². The van der Waals surface area contributed by atoms with Crippen LogP contribution < -0.4 is 11.3 Å². The fourth-order valence-corrected chi connectivity index (χ4v) is 1.18. The number of anilines is 1. The summed E-state index contributed by atoms with van der Waals surface area (Å²) in [6.07, 6.45) is 0. The molecule has 0 aliphatic heterocycles. The second-order valence-electron chi connectivity index (χ2n) is 2.11. The molecule has 6 heteroatoms. The zero-order valence-electron chi connectivity index (χ0n) is 5.93. The summed E-state index contributed by atoms with van der Waals surface area (Å²) in [4.78, 5) is -0.207. The molecule has 0 saturated heterocycles. The molecular formula is C6H6N2O3S. The number of rotatable bonds is 2. The van der Waals surface area contributed by atoms with E-state index in [1.165, 1.54) is 24.3 Å². The van der Waals surface area contributed by atoms with Crippen molar-refractivity contribution in [2.75, 3.05) is 5.43 Å². The number of hydrogen-bond acceptors (Lipinski definition) is 3. The molecular weight excluding hydrogens is 180 g/mol. The first-order valence-electron chi connectivity index (χ1n) is 3.02. The summed E-state index contributed by atoms with van der Waals surface area (Å²) in [6, 6.07) is 4.99. The average molecular weight is 186 g/mol. The van der Waals surface area contributed by atoms with Crippen molar-refractivity contribution < 1.29 is 13.0 Å². The van der Waals surface area contributed by atoms with Crippen LogP contribution in [0, 0.1) is 0 Å². The Morgan fingerprint density at radius 3 is 2.08 bits per heavy atom. The van der Waals surface area contributed by atoms with E-state index in [0.717, 1.165) is 0 Å². The quantitative estimate of drug-likeness (QED) is 0.514. The Kier molecular flexibility index (Phi) is 2.32. The summed E-state index contributed by atoms with van der Waals surface area (Å²) >= 11 is 0. The number of hydrogen-bond donors (Lipinski definition) is 2. The van der Waals surface area contributed by atoms with Gasteiger partial charge in [0.1, 0.15) is 0 Å². The van der Waals surface area contributed by atoms with E-state index in [0.29, 0.717) is 5.69 Å². The summed E-state index contributed by atoms with van der Waals surface area (Å²) in [5.41, 5.74) is 2.18. The van der Waals surface area contributed by atoms with Gasteiger partial charge < -0.3 is 0 Å². The largest absolute Gasteiger partial charge is 0.294 e. The van der Waals surface area contributed by atoms with E-state index in [9.17, 15) is 8.42 Å². The van der Waals surface area contributed by atoms with Gasteiger partial charge in [-0.2, -0.15) is 8.42 Å². The second-order valence-corrected chi connectivity index (χ2v) is 3.53. The molecule has 0 atom stereocenters. The van der Waals surface area contributed by atoms with E-state index in [4.69, 9.17) is 10.4 Å². The molecule has 5 nitrogen and oxygen atoms in total. The molecule has 1 aromatic rings. The highest BCUT2D eigenvalue weighted by atomic mass is 32.2. The van der Waals surface area contributed by atoms with Crippen LogP contribution in [0.4, 0.5) is 5.69 Å². The Balaban J connectivity index is 3.09. The summed E-state index contributed by atoms with van der Waals surface area (Å²) in [5.74, 6) is 8.37. The van der Waals surface area contributed by atoms with E-state index >= 15 is 0 Å². The highest BCUT2D eigenvalue weighted by molar-refractivity contribution is 7.85. The van der Waals surface area contributed by atoms with Crippen molar-refractivity contribution in [1.82, 2.24) is 5.84 Å². The van der Waals surface area contributed by atoms with Gasteiger partial charge in [-0.25, -0.2) is 0 Å². The lowest BCUT2D eigenvalue weighted by atomic mass is 10.3. The minimum atomic E-state index is -4.14. The van der Waals surface area contributed by atoms with Crippen molar-refractivity contribution >= 4 is 15.8 Å². The van der Waals surface area contributed by atoms with E-state index in [1.54, 1.807) is 0 Å². The van der Waals surface area contributed by atoms with Gasteiger partial charge in [0.05, 0.1) is 10.6 Å². The summed E-state index contributed by atoms with van der Waals surface area (Å²) < 4.78 is 29.6. The topological polar surface area (TPSA) is 88.7 Å². The van der Waals surface area contributed by atoms with Gasteiger partial charge in [-0.3, -0.25) is 9.98 Å². The van der Waals surface area contributed by atoms with Crippen LogP contribution in [0.15, 0.2) is 29.2 Å². The molecule has 0 fully saturated rings. The minimum absolute atomic E-state index is 0.207. The van der Waals surface area contributed by atoms with Crippen LogP contribution in [0.5, 0.6) is 0 Å². The predicted octanol–water partition coefficient (Wildman–Crippen LogP) is 0.329. The fourth-order valence-electron chi connectivity index (χ4n) is 0.701. The molecule has 0 aliphatic carbocycles.